The van der Waals surface area contributed by atoms with Gasteiger partial charge in [-0.1, -0.05) is 23.7 Å². The van der Waals surface area contributed by atoms with Crippen LogP contribution in [0.5, 0.6) is 11.5 Å². The van der Waals surface area contributed by atoms with E-state index in [9.17, 15) is 23.3 Å². The molecule has 2 rings (SSSR count). The smallest absolute Gasteiger partial charge is 0.437 e. The molecule has 0 amide bonds. The van der Waals surface area contributed by atoms with Crippen LogP contribution in [-0.4, -0.2) is 14.9 Å². The number of para-hydroxylation sites is 2. The predicted octanol–water partition coefficient (Wildman–Crippen LogP) is 3.85. The number of benzene rings is 1. The molecular formula is C11H5ClF3N3O3. The molecule has 0 saturated carbocycles. The fourth-order valence-corrected chi connectivity index (χ4v) is 1.62. The van der Waals surface area contributed by atoms with Crippen molar-refractivity contribution in [2.45, 2.75) is 6.18 Å². The van der Waals surface area contributed by atoms with E-state index < -0.39 is 39.1 Å². The van der Waals surface area contributed by atoms with E-state index >= 15 is 0 Å². The minimum atomic E-state index is -4.84. The summed E-state index contributed by atoms with van der Waals surface area (Å²) in [5.74, 6) is -1.29. The lowest BCUT2D eigenvalue weighted by Gasteiger charge is -2.13. The first-order chi connectivity index (χ1) is 9.80. The fraction of sp³-hybridized carbons (Fsp3) is 0.0909. The second-order valence-corrected chi connectivity index (χ2v) is 4.02. The predicted molar refractivity (Wildman–Crippen MR) is 65.2 cm³/mol. The van der Waals surface area contributed by atoms with Crippen LogP contribution in [0.25, 0.3) is 0 Å². The van der Waals surface area contributed by atoms with Crippen LogP contribution in [-0.2, 0) is 6.18 Å². The lowest BCUT2D eigenvalue weighted by atomic mass is 10.3. The molecule has 10 heteroatoms. The monoisotopic (exact) mass is 319 g/mol. The van der Waals surface area contributed by atoms with Gasteiger partial charge in [0.25, 0.3) is 0 Å². The Labute approximate surface area is 120 Å². The van der Waals surface area contributed by atoms with Crippen LogP contribution >= 0.6 is 11.6 Å². The summed E-state index contributed by atoms with van der Waals surface area (Å²) in [6.45, 7) is 0. The van der Waals surface area contributed by atoms with E-state index in [0.717, 1.165) is 12.1 Å². The molecule has 110 valence electrons. The number of ether oxygens (including phenoxy) is 1. The SMILES string of the molecule is O=[N+]([O-])c1ccccc1Oc1c(Cl)ncnc1C(F)(F)F. The normalized spacial score (nSPS) is 11.2. The van der Waals surface area contributed by atoms with Crippen molar-refractivity contribution in [1.29, 1.82) is 0 Å². The molecule has 0 unspecified atom stereocenters. The van der Waals surface area contributed by atoms with Crippen molar-refractivity contribution in [3.05, 3.63) is 51.6 Å². The van der Waals surface area contributed by atoms with E-state index in [2.05, 4.69) is 9.97 Å². The van der Waals surface area contributed by atoms with Gasteiger partial charge < -0.3 is 4.74 Å². The number of nitro benzene ring substituents is 1. The first kappa shape index (κ1) is 15.0. The molecule has 0 aliphatic carbocycles. The molecule has 0 saturated heterocycles. The minimum Gasteiger partial charge on any atom is -0.445 e. The number of halogens is 4. The van der Waals surface area contributed by atoms with Crippen molar-refractivity contribution < 1.29 is 22.8 Å². The number of aromatic nitrogens is 2. The van der Waals surface area contributed by atoms with Crippen molar-refractivity contribution in [3.8, 4) is 11.5 Å². The van der Waals surface area contributed by atoms with Crippen molar-refractivity contribution in [1.82, 2.24) is 9.97 Å². The summed E-state index contributed by atoms with van der Waals surface area (Å²) in [4.78, 5) is 16.5. The van der Waals surface area contributed by atoms with Gasteiger partial charge in [-0.3, -0.25) is 10.1 Å². The second kappa shape index (κ2) is 5.52. The molecule has 6 nitrogen and oxygen atoms in total. The number of alkyl halides is 3. The summed E-state index contributed by atoms with van der Waals surface area (Å²) < 4.78 is 43.4. The molecule has 0 spiro atoms. The molecule has 0 bridgehead atoms. The Bertz CT molecular complexity index is 694. The van der Waals surface area contributed by atoms with E-state index in [1.165, 1.54) is 12.1 Å². The highest BCUT2D eigenvalue weighted by Gasteiger charge is 2.38. The highest BCUT2D eigenvalue weighted by atomic mass is 35.5. The van der Waals surface area contributed by atoms with Gasteiger partial charge in [-0.05, 0) is 6.07 Å². The molecule has 0 N–H and O–H groups in total. The number of nitrogens with zero attached hydrogens (tertiary/aromatic N) is 3. The van der Waals surface area contributed by atoms with Crippen LogP contribution in [0.1, 0.15) is 5.69 Å². The Kier molecular flexibility index (Phi) is 3.94. The Morgan fingerprint density at radius 3 is 2.52 bits per heavy atom. The molecule has 1 aromatic carbocycles. The quantitative estimate of drug-likeness (QED) is 0.488. The molecule has 0 radical (unpaired) electrons. The number of hydrogen-bond donors (Lipinski definition) is 0. The molecular weight excluding hydrogens is 315 g/mol. The molecule has 0 aliphatic heterocycles. The van der Waals surface area contributed by atoms with Gasteiger partial charge >= 0.3 is 11.9 Å². The third-order valence-electron chi connectivity index (χ3n) is 2.30. The van der Waals surface area contributed by atoms with E-state index in [4.69, 9.17) is 16.3 Å². The van der Waals surface area contributed by atoms with Crippen LogP contribution in [0.2, 0.25) is 5.15 Å². The first-order valence-corrected chi connectivity index (χ1v) is 5.67. The summed E-state index contributed by atoms with van der Waals surface area (Å²) in [6.07, 6.45) is -4.22. The highest BCUT2D eigenvalue weighted by Crippen LogP contribution is 2.41. The van der Waals surface area contributed by atoms with Crippen molar-refractivity contribution in [3.63, 3.8) is 0 Å². The maximum Gasteiger partial charge on any atom is 0.437 e. The summed E-state index contributed by atoms with van der Waals surface area (Å²) >= 11 is 5.57. The van der Waals surface area contributed by atoms with Gasteiger partial charge in [-0.25, -0.2) is 9.97 Å². The average molecular weight is 320 g/mol. The zero-order valence-corrected chi connectivity index (χ0v) is 10.7. The second-order valence-electron chi connectivity index (χ2n) is 3.67. The summed E-state index contributed by atoms with van der Waals surface area (Å²) in [5.41, 5.74) is -1.92. The van der Waals surface area contributed by atoms with E-state index in [0.29, 0.717) is 6.33 Å². The lowest BCUT2D eigenvalue weighted by molar-refractivity contribution is -0.385. The molecule has 1 heterocycles. The molecule has 21 heavy (non-hydrogen) atoms. The molecule has 0 atom stereocenters. The summed E-state index contributed by atoms with van der Waals surface area (Å²) in [5, 5.41) is 10.2. The van der Waals surface area contributed by atoms with Crippen LogP contribution in [0.3, 0.4) is 0 Å². The van der Waals surface area contributed by atoms with Crippen LogP contribution in [0.15, 0.2) is 30.6 Å². The number of rotatable bonds is 3. The largest absolute Gasteiger partial charge is 0.445 e. The maximum atomic E-state index is 12.8. The molecule has 0 aliphatic rings. The zero-order valence-electron chi connectivity index (χ0n) is 9.96. The van der Waals surface area contributed by atoms with Gasteiger partial charge in [0.15, 0.2) is 16.6 Å². The Hall–Kier alpha value is -2.42. The fourth-order valence-electron chi connectivity index (χ4n) is 1.45. The van der Waals surface area contributed by atoms with Gasteiger partial charge in [0.1, 0.15) is 6.33 Å². The van der Waals surface area contributed by atoms with E-state index in [1.807, 2.05) is 0 Å². The molecule has 1 aromatic heterocycles. The number of hydrogen-bond acceptors (Lipinski definition) is 5. The molecule has 2 aromatic rings. The summed E-state index contributed by atoms with van der Waals surface area (Å²) in [6, 6.07) is 4.94. The van der Waals surface area contributed by atoms with Crippen molar-refractivity contribution in [2.24, 2.45) is 0 Å². The first-order valence-electron chi connectivity index (χ1n) is 5.29. The van der Waals surface area contributed by atoms with Crippen molar-refractivity contribution in [2.75, 3.05) is 0 Å². The average Bonchev–Trinajstić information content (AvgIpc) is 2.40. The van der Waals surface area contributed by atoms with Crippen molar-refractivity contribution >= 4 is 17.3 Å². The van der Waals surface area contributed by atoms with E-state index in [-0.39, 0.29) is 0 Å². The van der Waals surface area contributed by atoms with Gasteiger partial charge in [0.2, 0.25) is 5.75 Å². The molecule has 0 fully saturated rings. The van der Waals surface area contributed by atoms with Gasteiger partial charge in [-0.15, -0.1) is 0 Å². The maximum absolute atomic E-state index is 12.8. The van der Waals surface area contributed by atoms with Crippen LogP contribution < -0.4 is 4.74 Å². The van der Waals surface area contributed by atoms with Gasteiger partial charge in [0, 0.05) is 6.07 Å². The summed E-state index contributed by atoms with van der Waals surface area (Å²) in [7, 11) is 0. The lowest BCUT2D eigenvalue weighted by Crippen LogP contribution is -2.11. The number of nitro groups is 1. The Morgan fingerprint density at radius 2 is 1.90 bits per heavy atom. The van der Waals surface area contributed by atoms with E-state index in [1.54, 1.807) is 0 Å². The van der Waals surface area contributed by atoms with Crippen LogP contribution in [0, 0.1) is 10.1 Å². The zero-order chi connectivity index (χ0) is 15.6. The third kappa shape index (κ3) is 3.19. The van der Waals surface area contributed by atoms with Crippen LogP contribution in [0.4, 0.5) is 18.9 Å². The third-order valence-corrected chi connectivity index (χ3v) is 2.57. The highest BCUT2D eigenvalue weighted by molar-refractivity contribution is 6.30. The van der Waals surface area contributed by atoms with Gasteiger partial charge in [0.05, 0.1) is 4.92 Å². The Morgan fingerprint density at radius 1 is 1.24 bits per heavy atom. The topological polar surface area (TPSA) is 78.2 Å². The standard InChI is InChI=1S/C11H5ClF3N3O3/c12-10-8(9(11(13,14)15)16-5-17-10)21-7-4-2-1-3-6(7)18(19)20/h1-5H. The minimum absolute atomic E-state index is 0.398. The Balaban J connectivity index is 2.53. The van der Waals surface area contributed by atoms with Gasteiger partial charge in [-0.2, -0.15) is 13.2 Å².